The lowest BCUT2D eigenvalue weighted by atomic mass is 10.1. The number of benzene rings is 2. The molecule has 8 nitrogen and oxygen atoms in total. The van der Waals surface area contributed by atoms with Gasteiger partial charge in [0.15, 0.2) is 5.69 Å². The summed E-state index contributed by atoms with van der Waals surface area (Å²) in [5.41, 5.74) is 1.46. The average Bonchev–Trinajstić information content (AvgIpc) is 3.28. The number of esters is 1. The second-order valence-corrected chi connectivity index (χ2v) is 7.68. The molecule has 1 N–H and O–H groups in total. The minimum Gasteiger partial charge on any atom is -0.461 e. The van der Waals surface area contributed by atoms with Crippen LogP contribution in [0.5, 0.6) is 5.88 Å². The van der Waals surface area contributed by atoms with Gasteiger partial charge in [0.05, 0.1) is 28.6 Å². The maximum absolute atomic E-state index is 13.2. The summed E-state index contributed by atoms with van der Waals surface area (Å²) >= 11 is 6.30. The standard InChI is InChI=1S/C25H19ClF2N4O4/c1-2-35-24(34)20-14-21(32(31-20)16-7-4-3-5-8-16)30-23(33)17-13-15(11-12-18(17)26)19-9-6-10-22(29-19)36-25(27)28/h3-14,25H,2H2,1H3,(H,30,33). The molecule has 11 heteroatoms. The first kappa shape index (κ1) is 24.8. The van der Waals surface area contributed by atoms with E-state index in [1.807, 2.05) is 6.07 Å². The van der Waals surface area contributed by atoms with Crippen molar-refractivity contribution in [2.75, 3.05) is 11.9 Å². The van der Waals surface area contributed by atoms with Crippen molar-refractivity contribution in [3.63, 3.8) is 0 Å². The maximum Gasteiger partial charge on any atom is 0.388 e. The molecule has 184 valence electrons. The zero-order valence-electron chi connectivity index (χ0n) is 18.8. The van der Waals surface area contributed by atoms with Crippen LogP contribution in [0.15, 0.2) is 72.8 Å². The highest BCUT2D eigenvalue weighted by Crippen LogP contribution is 2.27. The fourth-order valence-electron chi connectivity index (χ4n) is 3.32. The Balaban J connectivity index is 1.67. The highest BCUT2D eigenvalue weighted by Gasteiger charge is 2.20. The van der Waals surface area contributed by atoms with Crippen LogP contribution in [0.3, 0.4) is 0 Å². The number of rotatable bonds is 8. The number of aromatic nitrogens is 3. The third-order valence-corrected chi connectivity index (χ3v) is 5.21. The van der Waals surface area contributed by atoms with Crippen molar-refractivity contribution in [2.24, 2.45) is 0 Å². The molecule has 4 aromatic rings. The Morgan fingerprint density at radius 3 is 2.56 bits per heavy atom. The highest BCUT2D eigenvalue weighted by atomic mass is 35.5. The molecule has 0 unspecified atom stereocenters. The van der Waals surface area contributed by atoms with Crippen LogP contribution >= 0.6 is 11.6 Å². The van der Waals surface area contributed by atoms with Gasteiger partial charge in [-0.05, 0) is 37.3 Å². The number of hydrogen-bond acceptors (Lipinski definition) is 6. The summed E-state index contributed by atoms with van der Waals surface area (Å²) < 4.78 is 35.9. The number of pyridine rings is 1. The third-order valence-electron chi connectivity index (χ3n) is 4.88. The quantitative estimate of drug-likeness (QED) is 0.308. The zero-order chi connectivity index (χ0) is 25.7. The van der Waals surface area contributed by atoms with E-state index in [0.29, 0.717) is 16.9 Å². The predicted octanol–water partition coefficient (Wildman–Crippen LogP) is 5.62. The molecule has 2 aromatic carbocycles. The number of carbonyl (C=O) groups excluding carboxylic acids is 2. The molecule has 0 radical (unpaired) electrons. The van der Waals surface area contributed by atoms with Gasteiger partial charge in [-0.3, -0.25) is 4.79 Å². The maximum atomic E-state index is 13.2. The number of nitrogens with zero attached hydrogens (tertiary/aromatic N) is 3. The molecular weight excluding hydrogens is 494 g/mol. The van der Waals surface area contributed by atoms with Gasteiger partial charge in [0.1, 0.15) is 5.82 Å². The number of alkyl halides is 2. The molecule has 0 aliphatic heterocycles. The van der Waals surface area contributed by atoms with Gasteiger partial charge in [-0.15, -0.1) is 0 Å². The van der Waals surface area contributed by atoms with Crippen LogP contribution in [0.2, 0.25) is 5.02 Å². The van der Waals surface area contributed by atoms with E-state index in [0.717, 1.165) is 0 Å². The topological polar surface area (TPSA) is 95.3 Å². The van der Waals surface area contributed by atoms with Gasteiger partial charge in [-0.2, -0.15) is 13.9 Å². The van der Waals surface area contributed by atoms with Crippen molar-refractivity contribution in [3.8, 4) is 22.8 Å². The number of para-hydroxylation sites is 1. The monoisotopic (exact) mass is 512 g/mol. The molecule has 0 aliphatic carbocycles. The minimum absolute atomic E-state index is 0.0101. The van der Waals surface area contributed by atoms with Gasteiger partial charge >= 0.3 is 12.6 Å². The number of hydrogen-bond donors (Lipinski definition) is 1. The Kier molecular flexibility index (Phi) is 7.55. The predicted molar refractivity (Wildman–Crippen MR) is 129 cm³/mol. The lowest BCUT2D eigenvalue weighted by Crippen LogP contribution is -2.15. The minimum atomic E-state index is -3.02. The molecule has 4 rings (SSSR count). The van der Waals surface area contributed by atoms with E-state index in [-0.39, 0.29) is 34.6 Å². The molecule has 0 bridgehead atoms. The fourth-order valence-corrected chi connectivity index (χ4v) is 3.52. The largest absolute Gasteiger partial charge is 0.461 e. The summed E-state index contributed by atoms with van der Waals surface area (Å²) in [6.07, 6.45) is 0. The van der Waals surface area contributed by atoms with E-state index < -0.39 is 18.5 Å². The number of anilines is 1. The summed E-state index contributed by atoms with van der Waals surface area (Å²) in [5, 5.41) is 7.15. The zero-order valence-corrected chi connectivity index (χ0v) is 19.6. The van der Waals surface area contributed by atoms with Crippen LogP contribution in [0.1, 0.15) is 27.8 Å². The molecule has 0 fully saturated rings. The molecule has 1 amide bonds. The first-order valence-electron chi connectivity index (χ1n) is 10.7. The second kappa shape index (κ2) is 11.0. The molecule has 36 heavy (non-hydrogen) atoms. The van der Waals surface area contributed by atoms with Crippen molar-refractivity contribution in [2.45, 2.75) is 13.5 Å². The van der Waals surface area contributed by atoms with Crippen LogP contribution < -0.4 is 10.1 Å². The van der Waals surface area contributed by atoms with E-state index >= 15 is 0 Å². The van der Waals surface area contributed by atoms with Crippen LogP contribution in [-0.4, -0.2) is 39.9 Å². The normalized spacial score (nSPS) is 10.8. The first-order valence-corrected chi connectivity index (χ1v) is 11.1. The van der Waals surface area contributed by atoms with E-state index in [2.05, 4.69) is 20.1 Å². The van der Waals surface area contributed by atoms with Crippen molar-refractivity contribution >= 4 is 29.3 Å². The van der Waals surface area contributed by atoms with Crippen LogP contribution in [0.25, 0.3) is 16.9 Å². The Hall–Kier alpha value is -4.31. The first-order chi connectivity index (χ1) is 17.4. The molecule has 2 heterocycles. The molecular formula is C25H19ClF2N4O4. The molecule has 0 spiro atoms. The molecule has 0 atom stereocenters. The molecule has 2 aromatic heterocycles. The summed E-state index contributed by atoms with van der Waals surface area (Å²) in [4.78, 5) is 29.5. The number of halogens is 3. The Bertz CT molecular complexity index is 1400. The Labute approximate surface area is 209 Å². The smallest absolute Gasteiger partial charge is 0.388 e. The van der Waals surface area contributed by atoms with Gasteiger partial charge in [-0.1, -0.05) is 41.9 Å². The van der Waals surface area contributed by atoms with Crippen molar-refractivity contribution in [1.82, 2.24) is 14.8 Å². The van der Waals surface area contributed by atoms with Crippen LogP contribution in [0.4, 0.5) is 14.6 Å². The SMILES string of the molecule is CCOC(=O)c1cc(NC(=O)c2cc(-c3cccc(OC(F)F)n3)ccc2Cl)n(-c2ccccc2)n1. The van der Waals surface area contributed by atoms with E-state index in [1.165, 1.54) is 35.0 Å². The van der Waals surface area contributed by atoms with Crippen molar-refractivity contribution in [3.05, 3.63) is 89.1 Å². The molecule has 0 saturated carbocycles. The van der Waals surface area contributed by atoms with Gasteiger partial charge in [0.2, 0.25) is 5.88 Å². The van der Waals surface area contributed by atoms with Crippen LogP contribution in [0, 0.1) is 0 Å². The number of ether oxygens (including phenoxy) is 2. The van der Waals surface area contributed by atoms with E-state index in [4.69, 9.17) is 16.3 Å². The number of nitrogens with one attached hydrogen (secondary N) is 1. The summed E-state index contributed by atoms with van der Waals surface area (Å²) in [5.74, 6) is -1.28. The molecule has 0 aliphatic rings. The number of carbonyl (C=O) groups is 2. The van der Waals surface area contributed by atoms with Gasteiger partial charge < -0.3 is 14.8 Å². The van der Waals surface area contributed by atoms with Crippen molar-refractivity contribution < 1.29 is 27.8 Å². The summed E-state index contributed by atoms with van der Waals surface area (Å²) in [6, 6.07) is 19.2. The average molecular weight is 513 g/mol. The Morgan fingerprint density at radius 1 is 1.06 bits per heavy atom. The fraction of sp³-hybridized carbons (Fsp3) is 0.120. The summed E-state index contributed by atoms with van der Waals surface area (Å²) in [7, 11) is 0. The highest BCUT2D eigenvalue weighted by molar-refractivity contribution is 6.34. The third kappa shape index (κ3) is 5.66. The lowest BCUT2D eigenvalue weighted by Gasteiger charge is -2.11. The lowest BCUT2D eigenvalue weighted by molar-refractivity contribution is -0.0527. The van der Waals surface area contributed by atoms with E-state index in [1.54, 1.807) is 43.3 Å². The number of amides is 1. The van der Waals surface area contributed by atoms with E-state index in [9.17, 15) is 18.4 Å². The van der Waals surface area contributed by atoms with Crippen molar-refractivity contribution in [1.29, 1.82) is 0 Å². The van der Waals surface area contributed by atoms with Gasteiger partial charge in [0.25, 0.3) is 5.91 Å². The second-order valence-electron chi connectivity index (χ2n) is 7.27. The summed E-state index contributed by atoms with van der Waals surface area (Å²) in [6.45, 7) is -1.18. The van der Waals surface area contributed by atoms with Gasteiger partial charge in [-0.25, -0.2) is 14.5 Å². The van der Waals surface area contributed by atoms with Gasteiger partial charge in [0, 0.05) is 17.7 Å². The molecule has 0 saturated heterocycles. The van der Waals surface area contributed by atoms with Crippen LogP contribution in [-0.2, 0) is 4.74 Å². The Morgan fingerprint density at radius 2 is 1.83 bits per heavy atom.